The second-order valence-electron chi connectivity index (χ2n) is 4.04. The highest BCUT2D eigenvalue weighted by molar-refractivity contribution is 7.89. The van der Waals surface area contributed by atoms with Crippen LogP contribution in [0.25, 0.3) is 0 Å². The molecule has 0 spiro atoms. The number of pyridine rings is 1. The summed E-state index contributed by atoms with van der Waals surface area (Å²) < 4.78 is 30.4. The van der Waals surface area contributed by atoms with E-state index >= 15 is 0 Å². The van der Waals surface area contributed by atoms with Crippen molar-refractivity contribution in [2.45, 2.75) is 19.1 Å². The molecule has 0 aliphatic rings. The molecule has 0 aliphatic carbocycles. The molecule has 0 fully saturated rings. The summed E-state index contributed by atoms with van der Waals surface area (Å²) in [6.07, 6.45) is 3.09. The van der Waals surface area contributed by atoms with Crippen LogP contribution in [0.2, 0.25) is 0 Å². The summed E-state index contributed by atoms with van der Waals surface area (Å²) >= 11 is 0. The van der Waals surface area contributed by atoms with Crippen molar-refractivity contribution in [1.82, 2.24) is 14.9 Å². The molecule has 0 aromatic carbocycles. The highest BCUT2D eigenvalue weighted by atomic mass is 32.2. The van der Waals surface area contributed by atoms with E-state index in [1.165, 1.54) is 6.20 Å². The molecular weight excluding hydrogens is 282 g/mol. The van der Waals surface area contributed by atoms with Crippen molar-refractivity contribution in [3.8, 4) is 0 Å². The summed E-state index contributed by atoms with van der Waals surface area (Å²) in [5.74, 6) is -1.12. The van der Waals surface area contributed by atoms with Crippen molar-refractivity contribution >= 4 is 15.9 Å². The van der Waals surface area contributed by atoms with E-state index in [-0.39, 0.29) is 11.3 Å². The maximum Gasteiger partial charge on any atom is 0.269 e. The van der Waals surface area contributed by atoms with Crippen LogP contribution in [0.5, 0.6) is 0 Å². The zero-order chi connectivity index (χ0) is 14.6. The molecular formula is C12H13N3O4S. The number of aromatic nitrogens is 2. The molecule has 0 bridgehead atoms. The fourth-order valence-corrected chi connectivity index (χ4v) is 2.63. The van der Waals surface area contributed by atoms with Gasteiger partial charge in [-0.05, 0) is 18.6 Å². The van der Waals surface area contributed by atoms with E-state index in [1.54, 1.807) is 25.1 Å². The molecule has 0 atom stereocenters. The Hall–Kier alpha value is -2.22. The first-order valence-corrected chi connectivity index (χ1v) is 7.55. The SMILES string of the molecule is CCc1nocc1C(=O)NS(=O)(=O)Cc1ccccn1. The second-order valence-corrected chi connectivity index (χ2v) is 5.76. The lowest BCUT2D eigenvalue weighted by Crippen LogP contribution is -2.32. The molecule has 8 heteroatoms. The molecule has 2 heterocycles. The summed E-state index contributed by atoms with van der Waals surface area (Å²) in [6.45, 7) is 1.79. The maximum absolute atomic E-state index is 11.9. The van der Waals surface area contributed by atoms with Gasteiger partial charge in [0.1, 0.15) is 17.6 Å². The largest absolute Gasteiger partial charge is 0.364 e. The van der Waals surface area contributed by atoms with Gasteiger partial charge in [-0.2, -0.15) is 0 Å². The highest BCUT2D eigenvalue weighted by Gasteiger charge is 2.21. The number of nitrogens with one attached hydrogen (secondary N) is 1. The van der Waals surface area contributed by atoms with Gasteiger partial charge < -0.3 is 4.52 Å². The van der Waals surface area contributed by atoms with Crippen LogP contribution in [0.1, 0.15) is 28.7 Å². The van der Waals surface area contributed by atoms with E-state index in [1.807, 2.05) is 4.72 Å². The molecule has 0 saturated heterocycles. The number of carbonyl (C=O) groups is 1. The first-order chi connectivity index (χ1) is 9.52. The van der Waals surface area contributed by atoms with Gasteiger partial charge in [0, 0.05) is 6.20 Å². The van der Waals surface area contributed by atoms with Gasteiger partial charge in [0.05, 0.1) is 11.4 Å². The van der Waals surface area contributed by atoms with Crippen molar-refractivity contribution in [1.29, 1.82) is 0 Å². The fraction of sp³-hybridized carbons (Fsp3) is 0.250. The van der Waals surface area contributed by atoms with Crippen molar-refractivity contribution in [3.63, 3.8) is 0 Å². The van der Waals surface area contributed by atoms with Gasteiger partial charge in [-0.1, -0.05) is 18.1 Å². The van der Waals surface area contributed by atoms with Crippen LogP contribution in [0, 0.1) is 0 Å². The van der Waals surface area contributed by atoms with Gasteiger partial charge in [0.15, 0.2) is 0 Å². The zero-order valence-corrected chi connectivity index (χ0v) is 11.6. The van der Waals surface area contributed by atoms with Crippen molar-refractivity contribution in [3.05, 3.63) is 47.6 Å². The lowest BCUT2D eigenvalue weighted by molar-refractivity contribution is 0.0980. The minimum atomic E-state index is -3.82. The van der Waals surface area contributed by atoms with Crippen LogP contribution in [0.3, 0.4) is 0 Å². The van der Waals surface area contributed by atoms with Crippen LogP contribution in [-0.2, 0) is 22.2 Å². The third-order valence-electron chi connectivity index (χ3n) is 2.54. The fourth-order valence-electron chi connectivity index (χ4n) is 1.61. The Morgan fingerprint density at radius 1 is 1.40 bits per heavy atom. The number of sulfonamides is 1. The van der Waals surface area contributed by atoms with Crippen LogP contribution in [0.15, 0.2) is 35.2 Å². The van der Waals surface area contributed by atoms with Crippen molar-refractivity contribution < 1.29 is 17.7 Å². The number of carbonyl (C=O) groups excluding carboxylic acids is 1. The Bertz CT molecular complexity index is 695. The molecule has 0 unspecified atom stereocenters. The zero-order valence-electron chi connectivity index (χ0n) is 10.7. The second kappa shape index (κ2) is 5.83. The molecule has 2 rings (SSSR count). The van der Waals surface area contributed by atoms with Crippen LogP contribution >= 0.6 is 0 Å². The van der Waals surface area contributed by atoms with Crippen LogP contribution in [0.4, 0.5) is 0 Å². The van der Waals surface area contributed by atoms with Gasteiger partial charge in [0.25, 0.3) is 5.91 Å². The summed E-state index contributed by atoms with van der Waals surface area (Å²) in [6, 6.07) is 4.93. The molecule has 1 N–H and O–H groups in total. The molecule has 2 aromatic rings. The van der Waals surface area contributed by atoms with E-state index in [0.29, 0.717) is 17.8 Å². The average molecular weight is 295 g/mol. The van der Waals surface area contributed by atoms with Crippen molar-refractivity contribution in [2.75, 3.05) is 0 Å². The third-order valence-corrected chi connectivity index (χ3v) is 3.71. The summed E-state index contributed by atoms with van der Waals surface area (Å²) in [5.41, 5.74) is 0.890. The number of rotatable bonds is 5. The Morgan fingerprint density at radius 2 is 2.20 bits per heavy atom. The number of nitrogens with zero attached hydrogens (tertiary/aromatic N) is 2. The first kappa shape index (κ1) is 14.2. The number of amides is 1. The van der Waals surface area contributed by atoms with E-state index in [2.05, 4.69) is 14.7 Å². The van der Waals surface area contributed by atoms with Gasteiger partial charge >= 0.3 is 0 Å². The number of hydrogen-bond acceptors (Lipinski definition) is 6. The highest BCUT2D eigenvalue weighted by Crippen LogP contribution is 2.08. The molecule has 0 aliphatic heterocycles. The predicted octanol–water partition coefficient (Wildman–Crippen LogP) is 0.892. The van der Waals surface area contributed by atoms with Crippen molar-refractivity contribution in [2.24, 2.45) is 0 Å². The molecule has 2 aromatic heterocycles. The summed E-state index contributed by atoms with van der Waals surface area (Å²) in [7, 11) is -3.82. The van der Waals surface area contributed by atoms with Gasteiger partial charge in [0.2, 0.25) is 10.0 Å². The van der Waals surface area contributed by atoms with Crippen LogP contribution < -0.4 is 4.72 Å². The average Bonchev–Trinajstić information content (AvgIpc) is 2.87. The quantitative estimate of drug-likeness (QED) is 0.879. The molecule has 106 valence electrons. The van der Waals surface area contributed by atoms with E-state index in [4.69, 9.17) is 0 Å². The monoisotopic (exact) mass is 295 g/mol. The standard InChI is InChI=1S/C12H13N3O4S/c1-2-11-10(7-19-14-11)12(16)15-20(17,18)8-9-5-3-4-6-13-9/h3-7H,2,8H2,1H3,(H,15,16). The van der Waals surface area contributed by atoms with Gasteiger partial charge in [-0.15, -0.1) is 0 Å². The Balaban J connectivity index is 2.11. The predicted molar refractivity (Wildman–Crippen MR) is 70.2 cm³/mol. The lowest BCUT2D eigenvalue weighted by Gasteiger charge is -2.05. The van der Waals surface area contributed by atoms with Gasteiger partial charge in [-0.25, -0.2) is 13.1 Å². The third kappa shape index (κ3) is 3.41. The Labute approximate surface area is 116 Å². The minimum absolute atomic E-state index is 0.122. The Morgan fingerprint density at radius 3 is 2.85 bits per heavy atom. The smallest absolute Gasteiger partial charge is 0.269 e. The van der Waals surface area contributed by atoms with Crippen LogP contribution in [-0.4, -0.2) is 24.5 Å². The molecule has 0 saturated carbocycles. The Kier molecular flexibility index (Phi) is 4.14. The summed E-state index contributed by atoms with van der Waals surface area (Å²) in [5, 5.41) is 3.63. The van der Waals surface area contributed by atoms with E-state index in [0.717, 1.165) is 6.26 Å². The first-order valence-electron chi connectivity index (χ1n) is 5.90. The molecule has 0 radical (unpaired) electrons. The number of hydrogen-bond donors (Lipinski definition) is 1. The molecule has 1 amide bonds. The van der Waals surface area contributed by atoms with Gasteiger partial charge in [-0.3, -0.25) is 9.78 Å². The topological polar surface area (TPSA) is 102 Å². The minimum Gasteiger partial charge on any atom is -0.364 e. The van der Waals surface area contributed by atoms with E-state index in [9.17, 15) is 13.2 Å². The maximum atomic E-state index is 11.9. The van der Waals surface area contributed by atoms with E-state index < -0.39 is 15.9 Å². The normalized spacial score (nSPS) is 11.2. The summed E-state index contributed by atoms with van der Waals surface area (Å²) in [4.78, 5) is 15.8. The molecule has 20 heavy (non-hydrogen) atoms. The molecule has 7 nitrogen and oxygen atoms in total. The lowest BCUT2D eigenvalue weighted by atomic mass is 10.2. The number of aryl methyl sites for hydroxylation is 1.